The summed E-state index contributed by atoms with van der Waals surface area (Å²) in [6.45, 7) is 6.92. The fraction of sp³-hybridized carbons (Fsp3) is 0.900. The molecule has 0 bridgehead atoms. The third-order valence-corrected chi connectivity index (χ3v) is 3.00. The molecule has 0 spiro atoms. The lowest BCUT2D eigenvalue weighted by Crippen LogP contribution is -2.43. The monoisotopic (exact) mass is 218 g/mol. The van der Waals surface area contributed by atoms with Crippen molar-refractivity contribution < 1.29 is 4.79 Å². The van der Waals surface area contributed by atoms with E-state index < -0.39 is 0 Å². The highest BCUT2D eigenvalue weighted by Crippen LogP contribution is 2.04. The fourth-order valence-electron chi connectivity index (χ4n) is 1.07. The van der Waals surface area contributed by atoms with Crippen LogP contribution >= 0.6 is 11.8 Å². The highest BCUT2D eigenvalue weighted by molar-refractivity contribution is 7.99. The minimum absolute atomic E-state index is 0.0281. The molecule has 0 aliphatic carbocycles. The van der Waals surface area contributed by atoms with E-state index in [1.165, 1.54) is 0 Å². The summed E-state index contributed by atoms with van der Waals surface area (Å²) in [6.07, 6.45) is 2.78. The van der Waals surface area contributed by atoms with E-state index in [0.717, 1.165) is 6.42 Å². The Morgan fingerprint density at radius 3 is 2.43 bits per heavy atom. The molecular formula is C10H22N2OS. The van der Waals surface area contributed by atoms with Crippen LogP contribution in [0.4, 0.5) is 0 Å². The van der Waals surface area contributed by atoms with Crippen molar-refractivity contribution in [1.29, 1.82) is 0 Å². The van der Waals surface area contributed by atoms with Gasteiger partial charge in [-0.2, -0.15) is 11.8 Å². The SMILES string of the molecule is CSC(C)CNC(=O)[C@H](N)CC(C)C. The summed E-state index contributed by atoms with van der Waals surface area (Å²) < 4.78 is 0. The minimum Gasteiger partial charge on any atom is -0.354 e. The maximum Gasteiger partial charge on any atom is 0.236 e. The molecule has 1 amide bonds. The van der Waals surface area contributed by atoms with Gasteiger partial charge in [0.15, 0.2) is 0 Å². The van der Waals surface area contributed by atoms with Crippen molar-refractivity contribution >= 4 is 17.7 Å². The zero-order valence-electron chi connectivity index (χ0n) is 9.54. The van der Waals surface area contributed by atoms with E-state index in [0.29, 0.717) is 17.7 Å². The van der Waals surface area contributed by atoms with Crippen LogP contribution in [0.15, 0.2) is 0 Å². The van der Waals surface area contributed by atoms with Gasteiger partial charge in [-0.15, -0.1) is 0 Å². The first-order valence-electron chi connectivity index (χ1n) is 5.03. The molecule has 0 radical (unpaired) electrons. The Bertz CT molecular complexity index is 174. The lowest BCUT2D eigenvalue weighted by molar-refractivity contribution is -0.122. The van der Waals surface area contributed by atoms with Gasteiger partial charge >= 0.3 is 0 Å². The summed E-state index contributed by atoms with van der Waals surface area (Å²) >= 11 is 1.74. The highest BCUT2D eigenvalue weighted by atomic mass is 32.2. The van der Waals surface area contributed by atoms with Crippen LogP contribution in [0, 0.1) is 5.92 Å². The van der Waals surface area contributed by atoms with Crippen molar-refractivity contribution in [3.63, 3.8) is 0 Å². The van der Waals surface area contributed by atoms with Gasteiger partial charge in [-0.3, -0.25) is 4.79 Å². The van der Waals surface area contributed by atoms with Crippen LogP contribution in [0.3, 0.4) is 0 Å². The van der Waals surface area contributed by atoms with E-state index in [9.17, 15) is 4.79 Å². The van der Waals surface area contributed by atoms with Crippen molar-refractivity contribution in [3.05, 3.63) is 0 Å². The van der Waals surface area contributed by atoms with Gasteiger partial charge in [-0.05, 0) is 18.6 Å². The second kappa shape index (κ2) is 7.12. The zero-order chi connectivity index (χ0) is 11.1. The third kappa shape index (κ3) is 6.27. The molecule has 0 saturated heterocycles. The first-order chi connectivity index (χ1) is 6.47. The van der Waals surface area contributed by atoms with Crippen molar-refractivity contribution in [2.75, 3.05) is 12.8 Å². The van der Waals surface area contributed by atoms with Crippen LogP contribution in [0.1, 0.15) is 27.2 Å². The Balaban J connectivity index is 3.73. The number of nitrogens with one attached hydrogen (secondary N) is 1. The largest absolute Gasteiger partial charge is 0.354 e. The van der Waals surface area contributed by atoms with Gasteiger partial charge in [0.25, 0.3) is 0 Å². The molecule has 0 fully saturated rings. The molecule has 2 atom stereocenters. The lowest BCUT2D eigenvalue weighted by Gasteiger charge is -2.15. The Morgan fingerprint density at radius 2 is 2.00 bits per heavy atom. The van der Waals surface area contributed by atoms with E-state index in [1.807, 2.05) is 6.26 Å². The van der Waals surface area contributed by atoms with Crippen LogP contribution < -0.4 is 11.1 Å². The van der Waals surface area contributed by atoms with Gasteiger partial charge < -0.3 is 11.1 Å². The van der Waals surface area contributed by atoms with E-state index in [-0.39, 0.29) is 11.9 Å². The second-order valence-corrected chi connectivity index (χ2v) is 5.30. The number of carbonyl (C=O) groups excluding carboxylic acids is 1. The smallest absolute Gasteiger partial charge is 0.236 e. The number of thioether (sulfide) groups is 1. The van der Waals surface area contributed by atoms with E-state index in [4.69, 9.17) is 5.73 Å². The summed E-state index contributed by atoms with van der Waals surface area (Å²) in [5, 5.41) is 3.30. The Labute approximate surface area is 91.2 Å². The number of hydrogen-bond acceptors (Lipinski definition) is 3. The Kier molecular flexibility index (Phi) is 7.01. The van der Waals surface area contributed by atoms with Crippen molar-refractivity contribution in [2.24, 2.45) is 11.7 Å². The van der Waals surface area contributed by atoms with Crippen LogP contribution in [0.25, 0.3) is 0 Å². The van der Waals surface area contributed by atoms with Crippen molar-refractivity contribution in [1.82, 2.24) is 5.32 Å². The normalized spacial score (nSPS) is 15.3. The summed E-state index contributed by atoms with van der Waals surface area (Å²) in [7, 11) is 0. The fourth-order valence-corrected chi connectivity index (χ4v) is 1.32. The first-order valence-corrected chi connectivity index (χ1v) is 6.32. The molecule has 3 nitrogen and oxygen atoms in total. The Morgan fingerprint density at radius 1 is 1.43 bits per heavy atom. The molecule has 0 heterocycles. The van der Waals surface area contributed by atoms with Crippen LogP contribution in [-0.4, -0.2) is 30.0 Å². The number of nitrogens with two attached hydrogens (primary N) is 1. The predicted molar refractivity (Wildman–Crippen MR) is 63.4 cm³/mol. The van der Waals surface area contributed by atoms with Crippen molar-refractivity contribution in [3.8, 4) is 0 Å². The van der Waals surface area contributed by atoms with Gasteiger partial charge in [0.05, 0.1) is 6.04 Å². The first kappa shape index (κ1) is 13.8. The molecular weight excluding hydrogens is 196 g/mol. The standard InChI is InChI=1S/C10H22N2OS/c1-7(2)5-9(11)10(13)12-6-8(3)14-4/h7-9H,5-6,11H2,1-4H3,(H,12,13)/t8?,9-/m1/s1. The molecule has 4 heteroatoms. The van der Waals surface area contributed by atoms with Gasteiger partial charge in [0.2, 0.25) is 5.91 Å². The summed E-state index contributed by atoms with van der Waals surface area (Å²) in [4.78, 5) is 11.5. The Hall–Kier alpha value is -0.220. The molecule has 0 aliphatic heterocycles. The van der Waals surface area contributed by atoms with Gasteiger partial charge in [0.1, 0.15) is 0 Å². The molecule has 14 heavy (non-hydrogen) atoms. The molecule has 84 valence electrons. The quantitative estimate of drug-likeness (QED) is 0.705. The molecule has 0 aromatic rings. The average Bonchev–Trinajstić information content (AvgIpc) is 2.12. The zero-order valence-corrected chi connectivity index (χ0v) is 10.4. The van der Waals surface area contributed by atoms with E-state index in [1.54, 1.807) is 11.8 Å². The highest BCUT2D eigenvalue weighted by Gasteiger charge is 2.14. The molecule has 0 aliphatic rings. The van der Waals surface area contributed by atoms with E-state index in [2.05, 4.69) is 26.1 Å². The molecule has 0 rings (SSSR count). The third-order valence-electron chi connectivity index (χ3n) is 2.03. The topological polar surface area (TPSA) is 55.1 Å². The maximum absolute atomic E-state index is 11.5. The van der Waals surface area contributed by atoms with Gasteiger partial charge in [-0.25, -0.2) is 0 Å². The molecule has 1 unspecified atom stereocenters. The van der Waals surface area contributed by atoms with Crippen LogP contribution in [0.2, 0.25) is 0 Å². The number of carbonyl (C=O) groups is 1. The second-order valence-electron chi connectivity index (χ2n) is 4.03. The summed E-state index contributed by atoms with van der Waals surface area (Å²) in [6, 6.07) is -0.357. The molecule has 0 saturated carbocycles. The molecule has 0 aromatic heterocycles. The maximum atomic E-state index is 11.5. The van der Waals surface area contributed by atoms with Crippen LogP contribution in [-0.2, 0) is 4.79 Å². The molecule has 0 aromatic carbocycles. The number of amides is 1. The predicted octanol–water partition coefficient (Wildman–Crippen LogP) is 1.23. The van der Waals surface area contributed by atoms with E-state index >= 15 is 0 Å². The van der Waals surface area contributed by atoms with Crippen molar-refractivity contribution in [2.45, 2.75) is 38.5 Å². The summed E-state index contributed by atoms with van der Waals surface area (Å²) in [5.41, 5.74) is 5.73. The minimum atomic E-state index is -0.357. The van der Waals surface area contributed by atoms with Gasteiger partial charge in [0, 0.05) is 11.8 Å². The number of rotatable bonds is 6. The molecule has 3 N–H and O–H groups in total. The van der Waals surface area contributed by atoms with Crippen LogP contribution in [0.5, 0.6) is 0 Å². The average molecular weight is 218 g/mol. The summed E-state index contributed by atoms with van der Waals surface area (Å²) in [5.74, 6) is 0.438. The number of hydrogen-bond donors (Lipinski definition) is 2. The van der Waals surface area contributed by atoms with Gasteiger partial charge in [-0.1, -0.05) is 20.8 Å². The lowest BCUT2D eigenvalue weighted by atomic mass is 10.0.